The number of carbonyl (C=O) groups is 2. The number of likely N-dealkylation sites (tertiary alicyclic amines) is 1. The van der Waals surface area contributed by atoms with E-state index in [9.17, 15) is 22.8 Å². The van der Waals surface area contributed by atoms with Crippen molar-refractivity contribution in [2.75, 3.05) is 6.54 Å². The zero-order valence-electron chi connectivity index (χ0n) is 16.8. The Bertz CT molecular complexity index is 1100. The van der Waals surface area contributed by atoms with Crippen molar-refractivity contribution in [3.05, 3.63) is 77.6 Å². The lowest BCUT2D eigenvalue weighted by atomic mass is 10.2. The largest absolute Gasteiger partial charge is 0.347 e. The summed E-state index contributed by atoms with van der Waals surface area (Å²) >= 11 is 0. The number of carbonyl (C=O) groups excluding carboxylic acids is 2. The van der Waals surface area contributed by atoms with Crippen LogP contribution >= 0.6 is 0 Å². The summed E-state index contributed by atoms with van der Waals surface area (Å²) in [5.74, 6) is -4.91. The van der Waals surface area contributed by atoms with Crippen molar-refractivity contribution in [1.29, 1.82) is 0 Å². The van der Waals surface area contributed by atoms with Crippen LogP contribution in [-0.4, -0.2) is 55.2 Å². The minimum absolute atomic E-state index is 0.0313. The summed E-state index contributed by atoms with van der Waals surface area (Å²) in [6.07, 6.45) is 1.62. The molecule has 2 amide bonds. The predicted octanol–water partition coefficient (Wildman–Crippen LogP) is 2.29. The van der Waals surface area contributed by atoms with Gasteiger partial charge in [0.25, 0.3) is 17.7 Å². The van der Waals surface area contributed by atoms with Gasteiger partial charge in [0.05, 0.1) is 31.5 Å². The maximum Gasteiger partial charge on any atom is 0.273 e. The van der Waals surface area contributed by atoms with Gasteiger partial charge < -0.3 is 10.2 Å². The molecule has 0 spiro atoms. The highest BCUT2D eigenvalue weighted by atomic mass is 19.3. The van der Waals surface area contributed by atoms with Crippen molar-refractivity contribution in [2.24, 2.45) is 0 Å². The van der Waals surface area contributed by atoms with Crippen molar-refractivity contribution in [3.8, 4) is 0 Å². The summed E-state index contributed by atoms with van der Waals surface area (Å²) < 4.78 is 42.5. The maximum absolute atomic E-state index is 14.1. The Morgan fingerprint density at radius 3 is 2.62 bits per heavy atom. The number of alkyl halides is 2. The number of hydrogen-bond donors (Lipinski definition) is 1. The first-order valence-electron chi connectivity index (χ1n) is 9.83. The van der Waals surface area contributed by atoms with Crippen LogP contribution in [0.5, 0.6) is 0 Å². The number of benzene rings is 1. The average molecular weight is 444 g/mol. The van der Waals surface area contributed by atoms with E-state index < -0.39 is 42.6 Å². The molecule has 1 unspecified atom stereocenters. The molecule has 0 saturated carbocycles. The number of halogens is 3. The van der Waals surface area contributed by atoms with Crippen LogP contribution in [-0.2, 0) is 13.1 Å². The van der Waals surface area contributed by atoms with Crippen molar-refractivity contribution in [2.45, 2.75) is 31.5 Å². The highest BCUT2D eigenvalue weighted by Crippen LogP contribution is 2.33. The van der Waals surface area contributed by atoms with E-state index in [0.717, 1.165) is 28.8 Å². The summed E-state index contributed by atoms with van der Waals surface area (Å²) in [5.41, 5.74) is 0.808. The lowest BCUT2D eigenvalue weighted by molar-refractivity contribution is 0.0116. The SMILES string of the molecule is O=C(NCc1ccccc1)c1cn(CC2CC(F)(F)CN2C(=O)c2ccc(F)cn2)nn1. The van der Waals surface area contributed by atoms with Gasteiger partial charge in [-0.2, -0.15) is 0 Å². The molecule has 1 aromatic carbocycles. The Labute approximate surface area is 181 Å². The monoisotopic (exact) mass is 444 g/mol. The summed E-state index contributed by atoms with van der Waals surface area (Å²) in [6, 6.07) is 10.6. The minimum Gasteiger partial charge on any atom is -0.347 e. The Balaban J connectivity index is 1.43. The lowest BCUT2D eigenvalue weighted by Gasteiger charge is -2.23. The van der Waals surface area contributed by atoms with Crippen LogP contribution in [0.1, 0.15) is 33.0 Å². The number of rotatable bonds is 6. The summed E-state index contributed by atoms with van der Waals surface area (Å²) in [4.78, 5) is 29.7. The van der Waals surface area contributed by atoms with Gasteiger partial charge in [-0.3, -0.25) is 9.59 Å². The normalized spacial score (nSPS) is 17.3. The molecule has 3 aromatic rings. The summed E-state index contributed by atoms with van der Waals surface area (Å²) in [7, 11) is 0. The molecule has 2 aromatic heterocycles. The van der Waals surface area contributed by atoms with E-state index in [2.05, 4.69) is 20.6 Å². The molecule has 1 atom stereocenters. The number of nitrogens with one attached hydrogen (secondary N) is 1. The molecule has 11 heteroatoms. The molecule has 0 aliphatic carbocycles. The first-order chi connectivity index (χ1) is 15.3. The van der Waals surface area contributed by atoms with E-state index in [4.69, 9.17) is 0 Å². The average Bonchev–Trinajstić information content (AvgIpc) is 3.36. The fourth-order valence-corrected chi connectivity index (χ4v) is 3.52. The van der Waals surface area contributed by atoms with Crippen LogP contribution in [0.2, 0.25) is 0 Å². The molecule has 8 nitrogen and oxygen atoms in total. The Morgan fingerprint density at radius 1 is 1.12 bits per heavy atom. The van der Waals surface area contributed by atoms with Gasteiger partial charge in [-0.25, -0.2) is 22.8 Å². The van der Waals surface area contributed by atoms with Gasteiger partial charge >= 0.3 is 0 Å². The van der Waals surface area contributed by atoms with Crippen molar-refractivity contribution in [3.63, 3.8) is 0 Å². The van der Waals surface area contributed by atoms with Crippen molar-refractivity contribution < 1.29 is 22.8 Å². The van der Waals surface area contributed by atoms with Crippen molar-refractivity contribution >= 4 is 11.8 Å². The number of pyridine rings is 1. The van der Waals surface area contributed by atoms with E-state index >= 15 is 0 Å². The van der Waals surface area contributed by atoms with Crippen LogP contribution in [0.3, 0.4) is 0 Å². The molecular formula is C21H19F3N6O2. The fourth-order valence-electron chi connectivity index (χ4n) is 3.52. The predicted molar refractivity (Wildman–Crippen MR) is 106 cm³/mol. The molecule has 1 fully saturated rings. The van der Waals surface area contributed by atoms with Crippen LogP contribution in [0.25, 0.3) is 0 Å². The van der Waals surface area contributed by atoms with E-state index in [0.29, 0.717) is 6.54 Å². The van der Waals surface area contributed by atoms with Gasteiger partial charge in [-0.1, -0.05) is 35.5 Å². The number of hydrogen-bond acceptors (Lipinski definition) is 5. The molecule has 4 rings (SSSR count). The second kappa shape index (κ2) is 8.77. The molecule has 1 saturated heterocycles. The van der Waals surface area contributed by atoms with Gasteiger partial charge in [0.15, 0.2) is 5.69 Å². The summed E-state index contributed by atoms with van der Waals surface area (Å²) in [6.45, 7) is -0.565. The molecular weight excluding hydrogens is 425 g/mol. The highest BCUT2D eigenvalue weighted by molar-refractivity contribution is 5.93. The smallest absolute Gasteiger partial charge is 0.273 e. The zero-order valence-corrected chi connectivity index (χ0v) is 16.8. The van der Waals surface area contributed by atoms with Gasteiger partial charge in [0.1, 0.15) is 11.5 Å². The third-order valence-corrected chi connectivity index (χ3v) is 5.05. The maximum atomic E-state index is 14.1. The van der Waals surface area contributed by atoms with Crippen molar-refractivity contribution in [1.82, 2.24) is 30.2 Å². The molecule has 1 N–H and O–H groups in total. The zero-order chi connectivity index (χ0) is 22.7. The molecule has 32 heavy (non-hydrogen) atoms. The van der Waals surface area contributed by atoms with Crippen LogP contribution < -0.4 is 5.32 Å². The van der Waals surface area contributed by atoms with Gasteiger partial charge in [0.2, 0.25) is 0 Å². The molecule has 3 heterocycles. The highest BCUT2D eigenvalue weighted by Gasteiger charge is 2.47. The minimum atomic E-state index is -3.09. The van der Waals surface area contributed by atoms with Gasteiger partial charge in [0, 0.05) is 13.0 Å². The second-order valence-corrected chi connectivity index (χ2v) is 7.50. The number of amides is 2. The van der Waals surface area contributed by atoms with E-state index in [1.807, 2.05) is 30.3 Å². The topological polar surface area (TPSA) is 93.0 Å². The van der Waals surface area contributed by atoms with Crippen LogP contribution in [0, 0.1) is 5.82 Å². The number of nitrogens with zero attached hydrogens (tertiary/aromatic N) is 5. The first kappa shape index (κ1) is 21.5. The van der Waals surface area contributed by atoms with E-state index in [1.165, 1.54) is 10.9 Å². The van der Waals surface area contributed by atoms with Gasteiger partial charge in [-0.05, 0) is 17.7 Å². The fraction of sp³-hybridized carbons (Fsp3) is 0.286. The molecule has 1 aliphatic heterocycles. The first-order valence-corrected chi connectivity index (χ1v) is 9.83. The van der Waals surface area contributed by atoms with E-state index in [1.54, 1.807) is 0 Å². The summed E-state index contributed by atoms with van der Waals surface area (Å²) in [5, 5.41) is 10.4. The van der Waals surface area contributed by atoms with E-state index in [-0.39, 0.29) is 17.9 Å². The lowest BCUT2D eigenvalue weighted by Crippen LogP contribution is -2.39. The third kappa shape index (κ3) is 4.93. The van der Waals surface area contributed by atoms with Gasteiger partial charge in [-0.15, -0.1) is 5.10 Å². The second-order valence-electron chi connectivity index (χ2n) is 7.50. The molecule has 166 valence electrons. The Kier molecular flexibility index (Phi) is 5.89. The van der Waals surface area contributed by atoms with Crippen LogP contribution in [0.15, 0.2) is 54.9 Å². The molecule has 1 aliphatic rings. The third-order valence-electron chi connectivity index (χ3n) is 5.05. The molecule has 0 bridgehead atoms. The standard InChI is InChI=1S/C21H19F3N6O2/c22-15-6-7-17(25-10-15)20(32)30-13-21(23,24)8-16(30)11-29-12-18(27-28-29)19(31)26-9-14-4-2-1-3-5-14/h1-7,10,12,16H,8-9,11,13H2,(H,26,31). The molecule has 0 radical (unpaired) electrons. The quantitative estimate of drug-likeness (QED) is 0.630. The van der Waals surface area contributed by atoms with Crippen LogP contribution in [0.4, 0.5) is 13.2 Å². The Hall–Kier alpha value is -3.76. The Morgan fingerprint density at radius 2 is 1.91 bits per heavy atom. The number of aromatic nitrogens is 4.